The molecule has 1 aromatic carbocycles. The number of nitrogens with one attached hydrogen (secondary N) is 1. The summed E-state index contributed by atoms with van der Waals surface area (Å²) in [6, 6.07) is 7.09. The number of rotatable bonds is 4. The molecule has 5 nitrogen and oxygen atoms in total. The third-order valence-electron chi connectivity index (χ3n) is 3.52. The van der Waals surface area contributed by atoms with Crippen molar-refractivity contribution < 1.29 is 9.84 Å². The van der Waals surface area contributed by atoms with E-state index in [1.54, 1.807) is 30.5 Å². The van der Waals surface area contributed by atoms with Crippen LogP contribution < -0.4 is 10.1 Å². The second-order valence-electron chi connectivity index (χ2n) is 5.04. The summed E-state index contributed by atoms with van der Waals surface area (Å²) in [5.74, 6) is 1.77. The van der Waals surface area contributed by atoms with Gasteiger partial charge in [-0.15, -0.1) is 0 Å². The lowest BCUT2D eigenvalue weighted by Gasteiger charge is -2.18. The predicted molar refractivity (Wildman–Crippen MR) is 80.8 cm³/mol. The maximum absolute atomic E-state index is 9.90. The van der Waals surface area contributed by atoms with Crippen molar-refractivity contribution in [2.75, 3.05) is 5.32 Å². The zero-order chi connectivity index (χ0) is 14.7. The molecule has 1 aliphatic carbocycles. The Labute approximate surface area is 128 Å². The van der Waals surface area contributed by atoms with E-state index in [9.17, 15) is 5.11 Å². The van der Waals surface area contributed by atoms with Gasteiger partial charge in [0, 0.05) is 5.02 Å². The van der Waals surface area contributed by atoms with Crippen LogP contribution >= 0.6 is 11.6 Å². The molecule has 0 radical (unpaired) electrons. The summed E-state index contributed by atoms with van der Waals surface area (Å²) in [5.41, 5.74) is 0. The fourth-order valence-corrected chi connectivity index (χ4v) is 2.54. The monoisotopic (exact) mass is 305 g/mol. The number of nitrogens with zero attached hydrogens (tertiary/aromatic N) is 2. The molecule has 0 aliphatic heterocycles. The molecule has 1 fully saturated rings. The maximum atomic E-state index is 9.90. The topological polar surface area (TPSA) is 67.3 Å². The molecule has 21 heavy (non-hydrogen) atoms. The van der Waals surface area contributed by atoms with E-state index in [-0.39, 0.29) is 12.1 Å². The first-order chi connectivity index (χ1) is 10.2. The smallest absolute Gasteiger partial charge is 0.187 e. The van der Waals surface area contributed by atoms with Gasteiger partial charge < -0.3 is 15.2 Å². The summed E-state index contributed by atoms with van der Waals surface area (Å²) >= 11 is 5.85. The SMILES string of the molecule is OC1CCCC1Nc1ncncc1Oc1ccc(Cl)cc1. The Kier molecular flexibility index (Phi) is 4.22. The number of aliphatic hydroxyl groups is 1. The van der Waals surface area contributed by atoms with Crippen molar-refractivity contribution in [1.29, 1.82) is 0 Å². The van der Waals surface area contributed by atoms with E-state index in [1.807, 2.05) is 0 Å². The Morgan fingerprint density at radius 2 is 2.05 bits per heavy atom. The number of hydrogen-bond acceptors (Lipinski definition) is 5. The highest BCUT2D eigenvalue weighted by molar-refractivity contribution is 6.30. The Hall–Kier alpha value is -1.85. The van der Waals surface area contributed by atoms with Gasteiger partial charge in [-0.1, -0.05) is 11.6 Å². The van der Waals surface area contributed by atoms with E-state index in [1.165, 1.54) is 6.33 Å². The fourth-order valence-electron chi connectivity index (χ4n) is 2.41. The highest BCUT2D eigenvalue weighted by atomic mass is 35.5. The minimum Gasteiger partial charge on any atom is -0.452 e. The molecule has 110 valence electrons. The number of anilines is 1. The summed E-state index contributed by atoms with van der Waals surface area (Å²) in [4.78, 5) is 8.19. The van der Waals surface area contributed by atoms with Crippen molar-refractivity contribution in [2.24, 2.45) is 0 Å². The summed E-state index contributed by atoms with van der Waals surface area (Å²) < 4.78 is 5.78. The van der Waals surface area contributed by atoms with Gasteiger partial charge in [-0.25, -0.2) is 9.97 Å². The molecule has 6 heteroatoms. The second kappa shape index (κ2) is 6.28. The van der Waals surface area contributed by atoms with E-state index >= 15 is 0 Å². The normalized spacial score (nSPS) is 21.2. The summed E-state index contributed by atoms with van der Waals surface area (Å²) in [6.07, 6.45) is 5.46. The van der Waals surface area contributed by atoms with Gasteiger partial charge >= 0.3 is 0 Å². The van der Waals surface area contributed by atoms with Crippen molar-refractivity contribution in [2.45, 2.75) is 31.4 Å². The van der Waals surface area contributed by atoms with Crippen LogP contribution in [0.1, 0.15) is 19.3 Å². The van der Waals surface area contributed by atoms with E-state index in [0.717, 1.165) is 19.3 Å². The van der Waals surface area contributed by atoms with Crippen LogP contribution in [0.2, 0.25) is 5.02 Å². The van der Waals surface area contributed by atoms with Crippen molar-refractivity contribution in [3.05, 3.63) is 41.8 Å². The number of aliphatic hydroxyl groups excluding tert-OH is 1. The molecule has 1 aromatic heterocycles. The number of benzene rings is 1. The molecular weight excluding hydrogens is 290 g/mol. The van der Waals surface area contributed by atoms with Crippen LogP contribution in [0, 0.1) is 0 Å². The van der Waals surface area contributed by atoms with Gasteiger partial charge in [-0.3, -0.25) is 0 Å². The average Bonchev–Trinajstić information content (AvgIpc) is 2.89. The molecule has 0 amide bonds. The Balaban J connectivity index is 1.77. The summed E-state index contributed by atoms with van der Waals surface area (Å²) in [6.45, 7) is 0. The van der Waals surface area contributed by atoms with Crippen LogP contribution in [0.4, 0.5) is 5.82 Å². The van der Waals surface area contributed by atoms with Gasteiger partial charge in [0.15, 0.2) is 11.6 Å². The lowest BCUT2D eigenvalue weighted by atomic mass is 10.2. The van der Waals surface area contributed by atoms with Crippen molar-refractivity contribution >= 4 is 17.4 Å². The van der Waals surface area contributed by atoms with Crippen LogP contribution in [-0.4, -0.2) is 27.2 Å². The van der Waals surface area contributed by atoms with Gasteiger partial charge in [-0.2, -0.15) is 0 Å². The summed E-state index contributed by atoms with van der Waals surface area (Å²) in [5, 5.41) is 13.8. The molecule has 0 saturated heterocycles. The molecular formula is C15H16ClN3O2. The van der Waals surface area contributed by atoms with Gasteiger partial charge in [0.25, 0.3) is 0 Å². The Bertz CT molecular complexity index is 606. The van der Waals surface area contributed by atoms with Crippen molar-refractivity contribution in [3.63, 3.8) is 0 Å². The Morgan fingerprint density at radius 1 is 1.24 bits per heavy atom. The number of halogens is 1. The highest BCUT2D eigenvalue weighted by Crippen LogP contribution is 2.30. The molecule has 1 aliphatic rings. The van der Waals surface area contributed by atoms with Crippen LogP contribution in [0.5, 0.6) is 11.5 Å². The highest BCUT2D eigenvalue weighted by Gasteiger charge is 2.26. The van der Waals surface area contributed by atoms with Crippen molar-refractivity contribution in [1.82, 2.24) is 9.97 Å². The number of ether oxygens (including phenoxy) is 1. The van der Waals surface area contributed by atoms with E-state index in [4.69, 9.17) is 16.3 Å². The lowest BCUT2D eigenvalue weighted by Crippen LogP contribution is -2.28. The third kappa shape index (κ3) is 3.43. The molecule has 2 N–H and O–H groups in total. The number of hydrogen-bond donors (Lipinski definition) is 2. The predicted octanol–water partition coefficient (Wildman–Crippen LogP) is 3.25. The standard InChI is InChI=1S/C15H16ClN3O2/c16-10-4-6-11(7-5-10)21-14-8-17-9-18-15(14)19-12-2-1-3-13(12)20/h4-9,12-13,20H,1-3H2,(H,17,18,19). The van der Waals surface area contributed by atoms with Crippen LogP contribution in [-0.2, 0) is 0 Å². The minimum absolute atomic E-state index is 0.00691. The van der Waals surface area contributed by atoms with Gasteiger partial charge in [-0.05, 0) is 43.5 Å². The van der Waals surface area contributed by atoms with Gasteiger partial charge in [0.05, 0.1) is 18.3 Å². The first-order valence-corrected chi connectivity index (χ1v) is 7.28. The lowest BCUT2D eigenvalue weighted by molar-refractivity contribution is 0.171. The van der Waals surface area contributed by atoms with Gasteiger partial charge in [0.2, 0.25) is 0 Å². The van der Waals surface area contributed by atoms with Crippen LogP contribution in [0.3, 0.4) is 0 Å². The second-order valence-corrected chi connectivity index (χ2v) is 5.48. The van der Waals surface area contributed by atoms with E-state index < -0.39 is 0 Å². The van der Waals surface area contributed by atoms with Gasteiger partial charge in [0.1, 0.15) is 12.1 Å². The zero-order valence-corrected chi connectivity index (χ0v) is 12.1. The molecule has 0 spiro atoms. The first kappa shape index (κ1) is 14.1. The molecule has 0 bridgehead atoms. The largest absolute Gasteiger partial charge is 0.452 e. The Morgan fingerprint density at radius 3 is 2.76 bits per heavy atom. The number of aromatic nitrogens is 2. The zero-order valence-electron chi connectivity index (χ0n) is 11.4. The first-order valence-electron chi connectivity index (χ1n) is 6.90. The molecule has 2 atom stereocenters. The summed E-state index contributed by atoms with van der Waals surface area (Å²) in [7, 11) is 0. The molecule has 3 rings (SSSR count). The molecule has 2 aromatic rings. The minimum atomic E-state index is -0.344. The molecule has 1 saturated carbocycles. The van der Waals surface area contributed by atoms with Crippen LogP contribution in [0.25, 0.3) is 0 Å². The quantitative estimate of drug-likeness (QED) is 0.907. The van der Waals surface area contributed by atoms with Crippen molar-refractivity contribution in [3.8, 4) is 11.5 Å². The average molecular weight is 306 g/mol. The maximum Gasteiger partial charge on any atom is 0.187 e. The van der Waals surface area contributed by atoms with Crippen LogP contribution in [0.15, 0.2) is 36.8 Å². The molecule has 1 heterocycles. The third-order valence-corrected chi connectivity index (χ3v) is 3.77. The fraction of sp³-hybridized carbons (Fsp3) is 0.333. The van der Waals surface area contributed by atoms with E-state index in [0.29, 0.717) is 22.3 Å². The van der Waals surface area contributed by atoms with E-state index in [2.05, 4.69) is 15.3 Å². The molecule has 2 unspecified atom stereocenters.